The van der Waals surface area contributed by atoms with Crippen molar-refractivity contribution in [2.24, 2.45) is 0 Å². The van der Waals surface area contributed by atoms with Crippen LogP contribution in [0.3, 0.4) is 0 Å². The average molecular weight is 346 g/mol. The first-order chi connectivity index (χ1) is 11.4. The molecule has 0 saturated carbocycles. The minimum atomic E-state index is -0.638. The Morgan fingerprint density at radius 2 is 2.12 bits per heavy atom. The lowest BCUT2D eigenvalue weighted by Gasteiger charge is -2.21. The molecule has 0 aliphatic carbocycles. The van der Waals surface area contributed by atoms with E-state index in [9.17, 15) is 9.59 Å². The zero-order valence-electron chi connectivity index (χ0n) is 14.4. The maximum absolute atomic E-state index is 12.5. The molecule has 2 rings (SSSR count). The first-order valence-electron chi connectivity index (χ1n) is 7.86. The number of benzene rings is 1. The lowest BCUT2D eigenvalue weighted by molar-refractivity contribution is -0.137. The van der Waals surface area contributed by atoms with E-state index in [0.717, 1.165) is 17.1 Å². The van der Waals surface area contributed by atoms with Gasteiger partial charge in [-0.05, 0) is 32.4 Å². The van der Waals surface area contributed by atoms with Crippen molar-refractivity contribution >= 4 is 23.0 Å². The lowest BCUT2D eigenvalue weighted by atomic mass is 10.1. The van der Waals surface area contributed by atoms with Crippen LogP contribution >= 0.6 is 11.3 Å². The van der Waals surface area contributed by atoms with Gasteiger partial charge in [0.25, 0.3) is 5.91 Å². The van der Waals surface area contributed by atoms with E-state index in [0.29, 0.717) is 17.9 Å². The quantitative estimate of drug-likeness (QED) is 0.722. The Balaban J connectivity index is 1.98. The largest absolute Gasteiger partial charge is 0.481 e. The van der Waals surface area contributed by atoms with Crippen molar-refractivity contribution < 1.29 is 14.3 Å². The average Bonchev–Trinajstić information content (AvgIpc) is 3.01. The first kappa shape index (κ1) is 18.1. The highest BCUT2D eigenvalue weighted by Crippen LogP contribution is 2.17. The summed E-state index contributed by atoms with van der Waals surface area (Å²) in [6.07, 6.45) is 0.260. The summed E-state index contributed by atoms with van der Waals surface area (Å²) >= 11 is 1.61. The Kier molecular flexibility index (Phi) is 6.09. The zero-order valence-corrected chi connectivity index (χ0v) is 15.2. The molecular weight excluding hydrogens is 324 g/mol. The van der Waals surface area contributed by atoms with Crippen LogP contribution in [-0.2, 0) is 17.8 Å². The second-order valence-electron chi connectivity index (χ2n) is 5.62. The van der Waals surface area contributed by atoms with Crippen LogP contribution in [0.2, 0.25) is 0 Å². The number of rotatable bonds is 7. The summed E-state index contributed by atoms with van der Waals surface area (Å²) < 4.78 is 5.69. The summed E-state index contributed by atoms with van der Waals surface area (Å²) in [4.78, 5) is 30.0. The maximum Gasteiger partial charge on any atom is 0.263 e. The number of thiazole rings is 1. The number of aromatic nitrogens is 1. The fraction of sp³-hybridized carbons (Fsp3) is 0.389. The molecule has 1 aromatic carbocycles. The Morgan fingerprint density at radius 3 is 2.75 bits per heavy atom. The molecule has 0 saturated heterocycles. The number of carbonyl (C=O) groups excluding carboxylic acids is 2. The van der Waals surface area contributed by atoms with E-state index in [4.69, 9.17) is 4.74 Å². The van der Waals surface area contributed by atoms with Gasteiger partial charge in [0.2, 0.25) is 0 Å². The fourth-order valence-corrected chi connectivity index (χ4v) is 2.99. The molecule has 0 aliphatic heterocycles. The molecule has 6 heteroatoms. The van der Waals surface area contributed by atoms with Gasteiger partial charge >= 0.3 is 0 Å². The van der Waals surface area contributed by atoms with E-state index in [-0.39, 0.29) is 11.7 Å². The molecule has 0 fully saturated rings. The molecule has 1 aromatic heterocycles. The van der Waals surface area contributed by atoms with Gasteiger partial charge in [-0.25, -0.2) is 4.98 Å². The Hall–Kier alpha value is -2.21. The number of hydrogen-bond acceptors (Lipinski definition) is 5. The predicted octanol–water partition coefficient (Wildman–Crippen LogP) is 3.33. The van der Waals surface area contributed by atoms with Gasteiger partial charge in [-0.15, -0.1) is 11.3 Å². The van der Waals surface area contributed by atoms with Crippen LogP contribution in [0.25, 0.3) is 0 Å². The van der Waals surface area contributed by atoms with Gasteiger partial charge < -0.3 is 9.64 Å². The van der Waals surface area contributed by atoms with Crippen molar-refractivity contribution in [2.75, 3.05) is 7.05 Å². The molecule has 0 bridgehead atoms. The van der Waals surface area contributed by atoms with Crippen LogP contribution in [0.5, 0.6) is 5.75 Å². The summed E-state index contributed by atoms with van der Waals surface area (Å²) in [6, 6.07) is 6.86. The summed E-state index contributed by atoms with van der Waals surface area (Å²) in [5.41, 5.74) is 1.45. The number of aryl methyl sites for hydroxylation is 1. The highest BCUT2D eigenvalue weighted by Gasteiger charge is 2.20. The van der Waals surface area contributed by atoms with Crippen LogP contribution in [0.4, 0.5) is 0 Å². The van der Waals surface area contributed by atoms with Gasteiger partial charge in [-0.1, -0.05) is 19.1 Å². The number of nitrogens with zero attached hydrogens (tertiary/aromatic N) is 2. The van der Waals surface area contributed by atoms with E-state index in [1.54, 1.807) is 54.5 Å². The molecule has 5 nitrogen and oxygen atoms in total. The third-order valence-electron chi connectivity index (χ3n) is 3.58. The predicted molar refractivity (Wildman–Crippen MR) is 94.5 cm³/mol. The molecule has 0 radical (unpaired) electrons. The van der Waals surface area contributed by atoms with Gasteiger partial charge in [0.1, 0.15) is 5.75 Å². The van der Waals surface area contributed by atoms with Crippen molar-refractivity contribution in [3.8, 4) is 5.75 Å². The van der Waals surface area contributed by atoms with Crippen LogP contribution in [0.15, 0.2) is 29.6 Å². The lowest BCUT2D eigenvalue weighted by Crippen LogP contribution is -2.37. The minimum Gasteiger partial charge on any atom is -0.481 e. The molecule has 0 spiro atoms. The number of Topliss-reactive ketones (excluding diaryl/α,β-unsaturated/α-hetero) is 1. The van der Waals surface area contributed by atoms with Crippen LogP contribution in [0.1, 0.15) is 41.8 Å². The summed E-state index contributed by atoms with van der Waals surface area (Å²) in [5, 5.41) is 3.04. The van der Waals surface area contributed by atoms with Gasteiger partial charge in [0.15, 0.2) is 11.9 Å². The Bertz CT molecular complexity index is 727. The van der Waals surface area contributed by atoms with Crippen LogP contribution in [0, 0.1) is 0 Å². The standard InChI is InChI=1S/C18H22N2O3S/c1-5-17-19-15(11-24-17)10-20(4)18(22)13(3)23-16-8-6-7-14(9-16)12(2)21/h6-9,11,13H,5,10H2,1-4H3/t13-/m0/s1. The third-order valence-corrected chi connectivity index (χ3v) is 4.62. The molecule has 128 valence electrons. The Morgan fingerprint density at radius 1 is 1.38 bits per heavy atom. The number of carbonyl (C=O) groups is 2. The normalized spacial score (nSPS) is 11.8. The van der Waals surface area contributed by atoms with Crippen molar-refractivity contribution in [3.63, 3.8) is 0 Å². The van der Waals surface area contributed by atoms with Gasteiger partial charge in [0.05, 0.1) is 17.2 Å². The summed E-state index contributed by atoms with van der Waals surface area (Å²) in [6.45, 7) is 5.72. The molecule has 1 heterocycles. The fourth-order valence-electron chi connectivity index (χ4n) is 2.26. The molecule has 1 atom stereocenters. The van der Waals surface area contributed by atoms with Crippen molar-refractivity contribution in [3.05, 3.63) is 45.9 Å². The number of ether oxygens (including phenoxy) is 1. The molecule has 0 unspecified atom stereocenters. The second-order valence-corrected chi connectivity index (χ2v) is 6.57. The first-order valence-corrected chi connectivity index (χ1v) is 8.74. The molecule has 2 aromatic rings. The van der Waals surface area contributed by atoms with Crippen LogP contribution in [-0.4, -0.2) is 34.7 Å². The highest BCUT2D eigenvalue weighted by atomic mass is 32.1. The molecule has 0 N–H and O–H groups in total. The number of ketones is 1. The van der Waals surface area contributed by atoms with E-state index in [1.165, 1.54) is 6.92 Å². The SMILES string of the molecule is CCc1nc(CN(C)C(=O)[C@H](C)Oc2cccc(C(C)=O)c2)cs1. The van der Waals surface area contributed by atoms with E-state index < -0.39 is 6.10 Å². The summed E-state index contributed by atoms with van der Waals surface area (Å²) in [5.74, 6) is 0.347. The van der Waals surface area contributed by atoms with E-state index in [1.807, 2.05) is 5.38 Å². The van der Waals surface area contributed by atoms with Crippen molar-refractivity contribution in [1.29, 1.82) is 0 Å². The smallest absolute Gasteiger partial charge is 0.263 e. The number of amides is 1. The summed E-state index contributed by atoms with van der Waals surface area (Å²) in [7, 11) is 1.74. The van der Waals surface area contributed by atoms with Gasteiger partial charge in [-0.2, -0.15) is 0 Å². The number of likely N-dealkylation sites (N-methyl/N-ethyl adjacent to an activating group) is 1. The highest BCUT2D eigenvalue weighted by molar-refractivity contribution is 7.09. The van der Waals surface area contributed by atoms with E-state index >= 15 is 0 Å². The minimum absolute atomic E-state index is 0.0354. The van der Waals surface area contributed by atoms with E-state index in [2.05, 4.69) is 11.9 Å². The Labute approximate surface area is 146 Å². The van der Waals surface area contributed by atoms with Crippen molar-refractivity contribution in [1.82, 2.24) is 9.88 Å². The molecular formula is C18H22N2O3S. The second kappa shape index (κ2) is 8.06. The van der Waals surface area contributed by atoms with Crippen LogP contribution < -0.4 is 4.74 Å². The molecule has 1 amide bonds. The van der Waals surface area contributed by atoms with Crippen molar-refractivity contribution in [2.45, 2.75) is 39.8 Å². The third kappa shape index (κ3) is 4.64. The monoisotopic (exact) mass is 346 g/mol. The van der Waals surface area contributed by atoms with Gasteiger partial charge in [0, 0.05) is 18.0 Å². The maximum atomic E-state index is 12.5. The topological polar surface area (TPSA) is 59.5 Å². The molecule has 24 heavy (non-hydrogen) atoms. The molecule has 0 aliphatic rings. The number of hydrogen-bond donors (Lipinski definition) is 0. The zero-order chi connectivity index (χ0) is 17.7. The van der Waals surface area contributed by atoms with Gasteiger partial charge in [-0.3, -0.25) is 9.59 Å².